The Hall–Kier alpha value is -3.65. The number of aromatic nitrogens is 2. The molecule has 2 saturated heterocycles. The maximum absolute atomic E-state index is 13.4. The van der Waals surface area contributed by atoms with Gasteiger partial charge < -0.3 is 24.3 Å². The molecule has 0 atom stereocenters. The van der Waals surface area contributed by atoms with E-state index in [9.17, 15) is 4.79 Å². The first-order valence-electron chi connectivity index (χ1n) is 12.2. The molecule has 0 radical (unpaired) electrons. The number of nitrogens with zero attached hydrogens (tertiary/aromatic N) is 6. The summed E-state index contributed by atoms with van der Waals surface area (Å²) in [7, 11) is 2.15. The van der Waals surface area contributed by atoms with Gasteiger partial charge >= 0.3 is 0 Å². The zero-order valence-corrected chi connectivity index (χ0v) is 20.4. The van der Waals surface area contributed by atoms with E-state index in [2.05, 4.69) is 27.8 Å². The van der Waals surface area contributed by atoms with Crippen molar-refractivity contribution in [1.29, 1.82) is 0 Å². The third kappa shape index (κ3) is 5.38. The average Bonchev–Trinajstić information content (AvgIpc) is 2.89. The molecule has 0 saturated carbocycles. The van der Waals surface area contributed by atoms with Crippen molar-refractivity contribution in [2.75, 3.05) is 69.2 Å². The number of anilines is 2. The molecule has 3 heterocycles. The van der Waals surface area contributed by atoms with Gasteiger partial charge in [0.1, 0.15) is 17.3 Å². The predicted octanol–water partition coefficient (Wildman–Crippen LogP) is 3.29. The highest BCUT2D eigenvalue weighted by atomic mass is 16.5. The van der Waals surface area contributed by atoms with Crippen molar-refractivity contribution < 1.29 is 9.53 Å². The Labute approximate surface area is 206 Å². The van der Waals surface area contributed by atoms with Gasteiger partial charge in [-0.25, -0.2) is 4.98 Å². The van der Waals surface area contributed by atoms with Crippen LogP contribution in [0.25, 0.3) is 0 Å². The van der Waals surface area contributed by atoms with Crippen LogP contribution in [0.3, 0.4) is 0 Å². The Kier molecular flexibility index (Phi) is 6.81. The van der Waals surface area contributed by atoms with Crippen LogP contribution in [0, 0.1) is 6.92 Å². The van der Waals surface area contributed by atoms with E-state index in [1.807, 2.05) is 66.4 Å². The first-order valence-corrected chi connectivity index (χ1v) is 12.2. The molecule has 8 heteroatoms. The molecule has 8 nitrogen and oxygen atoms in total. The number of amides is 1. The van der Waals surface area contributed by atoms with Crippen LogP contribution >= 0.6 is 0 Å². The fourth-order valence-electron chi connectivity index (χ4n) is 4.50. The van der Waals surface area contributed by atoms with Crippen molar-refractivity contribution in [1.82, 2.24) is 19.8 Å². The van der Waals surface area contributed by atoms with Gasteiger partial charge in [-0.1, -0.05) is 30.3 Å². The summed E-state index contributed by atoms with van der Waals surface area (Å²) in [6.45, 7) is 8.65. The molecule has 35 heavy (non-hydrogen) atoms. The highest BCUT2D eigenvalue weighted by Crippen LogP contribution is 2.27. The van der Waals surface area contributed by atoms with E-state index in [0.717, 1.165) is 43.6 Å². The van der Waals surface area contributed by atoms with Gasteiger partial charge in [0.25, 0.3) is 5.91 Å². The van der Waals surface area contributed by atoms with Crippen molar-refractivity contribution in [3.05, 3.63) is 71.9 Å². The van der Waals surface area contributed by atoms with Gasteiger partial charge in [0, 0.05) is 64.1 Å². The predicted molar refractivity (Wildman–Crippen MR) is 138 cm³/mol. The van der Waals surface area contributed by atoms with Crippen molar-refractivity contribution in [3.8, 4) is 11.5 Å². The molecule has 0 unspecified atom stereocenters. The number of likely N-dealkylation sites (N-methyl/N-ethyl adjacent to an activating group) is 1. The summed E-state index contributed by atoms with van der Waals surface area (Å²) in [5, 5.41) is 0. The van der Waals surface area contributed by atoms with E-state index in [1.54, 1.807) is 0 Å². The summed E-state index contributed by atoms with van der Waals surface area (Å²) in [6, 6.07) is 19.1. The molecular formula is C27H32N6O2. The van der Waals surface area contributed by atoms with Crippen LogP contribution in [0.1, 0.15) is 16.1 Å². The van der Waals surface area contributed by atoms with E-state index < -0.39 is 0 Å². The summed E-state index contributed by atoms with van der Waals surface area (Å²) < 4.78 is 6.02. The lowest BCUT2D eigenvalue weighted by Crippen LogP contribution is -2.49. The van der Waals surface area contributed by atoms with Crippen molar-refractivity contribution in [2.45, 2.75) is 6.92 Å². The Morgan fingerprint density at radius 1 is 0.800 bits per heavy atom. The minimum absolute atomic E-state index is 0.0144. The van der Waals surface area contributed by atoms with Gasteiger partial charge in [-0.2, -0.15) is 4.98 Å². The molecule has 182 valence electrons. The van der Waals surface area contributed by atoms with E-state index in [4.69, 9.17) is 14.7 Å². The van der Waals surface area contributed by atoms with Crippen molar-refractivity contribution in [3.63, 3.8) is 0 Å². The maximum atomic E-state index is 13.4. The maximum Gasteiger partial charge on any atom is 0.257 e. The molecule has 2 aromatic carbocycles. The lowest BCUT2D eigenvalue weighted by atomic mass is 10.1. The first-order chi connectivity index (χ1) is 17.1. The van der Waals surface area contributed by atoms with Gasteiger partial charge in [-0.05, 0) is 38.2 Å². The van der Waals surface area contributed by atoms with Crippen LogP contribution in [0.2, 0.25) is 0 Å². The number of ether oxygens (including phenoxy) is 1. The SMILES string of the molecule is Cc1cc(N2CCN(C)CC2)nc(N2CCN(C(=O)c3ccccc3Oc3ccccc3)CC2)n1. The highest BCUT2D eigenvalue weighted by molar-refractivity contribution is 5.97. The summed E-state index contributed by atoms with van der Waals surface area (Å²) in [5.74, 6) is 3.01. The van der Waals surface area contributed by atoms with Gasteiger partial charge in [0.2, 0.25) is 5.95 Å². The van der Waals surface area contributed by atoms with Crippen LogP contribution in [-0.4, -0.2) is 85.1 Å². The molecule has 2 aliphatic rings. The third-order valence-electron chi connectivity index (χ3n) is 6.59. The number of hydrogen-bond donors (Lipinski definition) is 0. The van der Waals surface area contributed by atoms with E-state index in [0.29, 0.717) is 43.2 Å². The summed E-state index contributed by atoms with van der Waals surface area (Å²) in [4.78, 5) is 31.7. The fraction of sp³-hybridized carbons (Fsp3) is 0.370. The summed E-state index contributed by atoms with van der Waals surface area (Å²) >= 11 is 0. The Bertz CT molecular complexity index is 1160. The second kappa shape index (κ2) is 10.3. The van der Waals surface area contributed by atoms with Gasteiger partial charge in [0.05, 0.1) is 5.56 Å². The van der Waals surface area contributed by atoms with Crippen LogP contribution < -0.4 is 14.5 Å². The number of hydrogen-bond acceptors (Lipinski definition) is 7. The minimum atomic E-state index is -0.0144. The zero-order valence-electron chi connectivity index (χ0n) is 20.4. The van der Waals surface area contributed by atoms with E-state index in [-0.39, 0.29) is 5.91 Å². The minimum Gasteiger partial charge on any atom is -0.457 e. The second-order valence-electron chi connectivity index (χ2n) is 9.15. The second-order valence-corrected chi connectivity index (χ2v) is 9.15. The average molecular weight is 473 g/mol. The fourth-order valence-corrected chi connectivity index (χ4v) is 4.50. The number of rotatable bonds is 5. The lowest BCUT2D eigenvalue weighted by molar-refractivity contribution is 0.0743. The molecule has 3 aromatic rings. The summed E-state index contributed by atoms with van der Waals surface area (Å²) in [5.41, 5.74) is 1.54. The number of aryl methyl sites for hydroxylation is 1. The van der Waals surface area contributed by atoms with Crippen molar-refractivity contribution >= 4 is 17.7 Å². The number of benzene rings is 2. The van der Waals surface area contributed by atoms with Gasteiger partial charge in [-0.15, -0.1) is 0 Å². The van der Waals surface area contributed by atoms with Gasteiger partial charge in [-0.3, -0.25) is 4.79 Å². The van der Waals surface area contributed by atoms with Crippen LogP contribution in [0.5, 0.6) is 11.5 Å². The van der Waals surface area contributed by atoms with Crippen molar-refractivity contribution in [2.24, 2.45) is 0 Å². The largest absolute Gasteiger partial charge is 0.457 e. The summed E-state index contributed by atoms with van der Waals surface area (Å²) in [6.07, 6.45) is 0. The normalized spacial score (nSPS) is 16.9. The topological polar surface area (TPSA) is 65.0 Å². The Morgan fingerprint density at radius 2 is 1.46 bits per heavy atom. The molecule has 1 amide bonds. The molecule has 0 N–H and O–H groups in total. The molecule has 0 bridgehead atoms. The molecule has 2 aliphatic heterocycles. The Morgan fingerprint density at radius 3 is 2.20 bits per heavy atom. The monoisotopic (exact) mass is 472 g/mol. The number of piperazine rings is 2. The van der Waals surface area contributed by atoms with Crippen LogP contribution in [0.15, 0.2) is 60.7 Å². The third-order valence-corrected chi connectivity index (χ3v) is 6.59. The standard InChI is InChI=1S/C27H32N6O2/c1-21-20-25(31-14-12-30(2)13-15-31)29-27(28-21)33-18-16-32(17-19-33)26(34)23-10-6-7-11-24(23)35-22-8-4-3-5-9-22/h3-11,20H,12-19H2,1-2H3. The highest BCUT2D eigenvalue weighted by Gasteiger charge is 2.26. The number of carbonyl (C=O) groups excluding carboxylic acids is 1. The first kappa shape index (κ1) is 23.1. The van der Waals surface area contributed by atoms with Crippen LogP contribution in [0.4, 0.5) is 11.8 Å². The quantitative estimate of drug-likeness (QED) is 0.565. The molecular weight excluding hydrogens is 440 g/mol. The smallest absolute Gasteiger partial charge is 0.257 e. The molecule has 0 spiro atoms. The Balaban J connectivity index is 1.25. The molecule has 1 aromatic heterocycles. The molecule has 0 aliphatic carbocycles. The van der Waals surface area contributed by atoms with Crippen LogP contribution in [-0.2, 0) is 0 Å². The zero-order chi connectivity index (χ0) is 24.2. The molecule has 5 rings (SSSR count). The number of para-hydroxylation sites is 2. The molecule has 2 fully saturated rings. The van der Waals surface area contributed by atoms with Gasteiger partial charge in [0.15, 0.2) is 0 Å². The van der Waals surface area contributed by atoms with E-state index in [1.165, 1.54) is 0 Å². The number of carbonyl (C=O) groups is 1. The van der Waals surface area contributed by atoms with E-state index >= 15 is 0 Å². The lowest BCUT2D eigenvalue weighted by Gasteiger charge is -2.36.